The summed E-state index contributed by atoms with van der Waals surface area (Å²) in [4.78, 5) is 11.1. The average molecular weight is 369 g/mol. The molecular formula is C19H19N3O3S. The molecule has 6 nitrogen and oxygen atoms in total. The molecule has 1 saturated heterocycles. The van der Waals surface area contributed by atoms with Crippen LogP contribution in [0.4, 0.5) is 0 Å². The van der Waals surface area contributed by atoms with E-state index in [2.05, 4.69) is 27.7 Å². The highest BCUT2D eigenvalue weighted by Crippen LogP contribution is 2.27. The number of ether oxygens (including phenoxy) is 2. The van der Waals surface area contributed by atoms with Gasteiger partial charge in [0.1, 0.15) is 0 Å². The fourth-order valence-electron chi connectivity index (χ4n) is 2.33. The van der Waals surface area contributed by atoms with E-state index in [9.17, 15) is 4.79 Å². The lowest BCUT2D eigenvalue weighted by molar-refractivity contribution is -0.116. The van der Waals surface area contributed by atoms with Crippen LogP contribution in [-0.4, -0.2) is 36.8 Å². The highest BCUT2D eigenvalue weighted by atomic mass is 32.2. The van der Waals surface area contributed by atoms with Crippen molar-refractivity contribution in [3.8, 4) is 11.5 Å². The van der Waals surface area contributed by atoms with Crippen molar-refractivity contribution in [1.29, 1.82) is 0 Å². The van der Waals surface area contributed by atoms with Gasteiger partial charge in [0.15, 0.2) is 16.7 Å². The van der Waals surface area contributed by atoms with Gasteiger partial charge in [-0.3, -0.25) is 4.79 Å². The van der Waals surface area contributed by atoms with Crippen molar-refractivity contribution in [2.24, 2.45) is 10.2 Å². The van der Waals surface area contributed by atoms with Gasteiger partial charge in [0.2, 0.25) is 5.91 Å². The van der Waals surface area contributed by atoms with E-state index in [1.165, 1.54) is 17.3 Å². The number of nitrogens with zero attached hydrogens (tertiary/aromatic N) is 2. The number of rotatable bonds is 7. The second kappa shape index (κ2) is 9.05. The van der Waals surface area contributed by atoms with Crippen molar-refractivity contribution in [3.05, 3.63) is 59.7 Å². The number of carbonyl (C=O) groups excluding carboxylic acids is 1. The number of benzene rings is 2. The number of hydrogen-bond donors (Lipinski definition) is 1. The standard InChI is InChI=1S/C19H19N3O3S/c1-24-17-11-15(12-20-22-19-21-18(23)13-26-19)7-8-16(17)25-10-9-14-5-3-2-4-6-14/h2-8,11-12H,9-10,13H2,1H3,(H,21,22,23). The van der Waals surface area contributed by atoms with Crippen LogP contribution in [0.1, 0.15) is 11.1 Å². The normalized spacial score (nSPS) is 15.4. The summed E-state index contributed by atoms with van der Waals surface area (Å²) in [6, 6.07) is 15.7. The van der Waals surface area contributed by atoms with Crippen molar-refractivity contribution in [2.75, 3.05) is 19.5 Å². The molecule has 1 amide bonds. The molecule has 0 radical (unpaired) electrons. The maximum absolute atomic E-state index is 11.1. The van der Waals surface area contributed by atoms with Gasteiger partial charge in [-0.05, 0) is 29.3 Å². The van der Waals surface area contributed by atoms with Gasteiger partial charge >= 0.3 is 0 Å². The summed E-state index contributed by atoms with van der Waals surface area (Å²) in [6.07, 6.45) is 2.43. The minimum absolute atomic E-state index is 0.0531. The molecule has 0 atom stereocenters. The molecule has 0 spiro atoms. The van der Waals surface area contributed by atoms with Crippen LogP contribution in [0, 0.1) is 0 Å². The Balaban J connectivity index is 1.59. The van der Waals surface area contributed by atoms with E-state index < -0.39 is 0 Å². The SMILES string of the molecule is COc1cc(C=NN=C2NC(=O)CS2)ccc1OCCc1ccccc1. The Labute approximate surface area is 156 Å². The highest BCUT2D eigenvalue weighted by molar-refractivity contribution is 8.15. The van der Waals surface area contributed by atoms with Crippen LogP contribution in [0.15, 0.2) is 58.7 Å². The van der Waals surface area contributed by atoms with Crippen LogP contribution in [0.5, 0.6) is 11.5 Å². The van der Waals surface area contributed by atoms with Gasteiger partial charge in [-0.15, -0.1) is 5.10 Å². The Morgan fingerprint density at radius 1 is 1.19 bits per heavy atom. The third-order valence-corrected chi connectivity index (χ3v) is 4.48. The maximum Gasteiger partial charge on any atom is 0.236 e. The Morgan fingerprint density at radius 3 is 2.77 bits per heavy atom. The van der Waals surface area contributed by atoms with Gasteiger partial charge < -0.3 is 14.8 Å². The van der Waals surface area contributed by atoms with Crippen molar-refractivity contribution in [2.45, 2.75) is 6.42 Å². The highest BCUT2D eigenvalue weighted by Gasteiger charge is 2.15. The molecule has 1 aliphatic heterocycles. The van der Waals surface area contributed by atoms with Crippen molar-refractivity contribution in [3.63, 3.8) is 0 Å². The zero-order chi connectivity index (χ0) is 18.2. The molecule has 1 aliphatic rings. The Hall–Kier alpha value is -2.80. The minimum Gasteiger partial charge on any atom is -0.493 e. The molecule has 26 heavy (non-hydrogen) atoms. The monoisotopic (exact) mass is 369 g/mol. The molecule has 0 aliphatic carbocycles. The number of thioether (sulfide) groups is 1. The number of amidine groups is 1. The van der Waals surface area contributed by atoms with Crippen molar-refractivity contribution >= 4 is 29.1 Å². The summed E-state index contributed by atoms with van der Waals surface area (Å²) in [6.45, 7) is 0.568. The Morgan fingerprint density at radius 2 is 2.04 bits per heavy atom. The molecule has 3 rings (SSSR count). The predicted molar refractivity (Wildman–Crippen MR) is 104 cm³/mol. The molecule has 1 N–H and O–H groups in total. The Kier molecular flexibility index (Phi) is 6.27. The first-order valence-electron chi connectivity index (χ1n) is 8.13. The van der Waals surface area contributed by atoms with E-state index in [1.807, 2.05) is 36.4 Å². The van der Waals surface area contributed by atoms with Crippen LogP contribution in [0.3, 0.4) is 0 Å². The molecular weight excluding hydrogens is 350 g/mol. The first kappa shape index (κ1) is 18.0. The van der Waals surface area contributed by atoms with E-state index in [-0.39, 0.29) is 5.91 Å². The molecule has 1 heterocycles. The molecule has 0 aromatic heterocycles. The number of hydrogen-bond acceptors (Lipinski definition) is 6. The second-order valence-electron chi connectivity index (χ2n) is 5.48. The van der Waals surface area contributed by atoms with E-state index in [0.29, 0.717) is 29.0 Å². The van der Waals surface area contributed by atoms with Gasteiger partial charge in [-0.2, -0.15) is 5.10 Å². The van der Waals surface area contributed by atoms with Gasteiger partial charge in [0.05, 0.1) is 25.7 Å². The number of nitrogens with one attached hydrogen (secondary N) is 1. The van der Waals surface area contributed by atoms with E-state index >= 15 is 0 Å². The zero-order valence-corrected chi connectivity index (χ0v) is 15.2. The first-order chi connectivity index (χ1) is 12.7. The van der Waals surface area contributed by atoms with Crippen LogP contribution in [0.2, 0.25) is 0 Å². The lowest BCUT2D eigenvalue weighted by atomic mass is 10.2. The van der Waals surface area contributed by atoms with Crippen LogP contribution in [-0.2, 0) is 11.2 Å². The summed E-state index contributed by atoms with van der Waals surface area (Å²) < 4.78 is 11.2. The lowest BCUT2D eigenvalue weighted by Crippen LogP contribution is -2.19. The lowest BCUT2D eigenvalue weighted by Gasteiger charge is -2.11. The largest absolute Gasteiger partial charge is 0.493 e. The van der Waals surface area contributed by atoms with Crippen LogP contribution < -0.4 is 14.8 Å². The summed E-state index contributed by atoms with van der Waals surface area (Å²) in [5, 5.41) is 11.1. The number of methoxy groups -OCH3 is 1. The van der Waals surface area contributed by atoms with Gasteiger partial charge in [-0.1, -0.05) is 42.1 Å². The van der Waals surface area contributed by atoms with Gasteiger partial charge in [0, 0.05) is 6.42 Å². The molecule has 7 heteroatoms. The summed E-state index contributed by atoms with van der Waals surface area (Å²) in [7, 11) is 1.60. The maximum atomic E-state index is 11.1. The van der Waals surface area contributed by atoms with Crippen molar-refractivity contribution < 1.29 is 14.3 Å². The smallest absolute Gasteiger partial charge is 0.236 e. The number of amides is 1. The quantitative estimate of drug-likeness (QED) is 0.602. The molecule has 0 unspecified atom stereocenters. The molecule has 0 bridgehead atoms. The van der Waals surface area contributed by atoms with E-state index in [1.54, 1.807) is 13.3 Å². The summed E-state index contributed by atoms with van der Waals surface area (Å²) in [5.41, 5.74) is 2.06. The third-order valence-electron chi connectivity index (χ3n) is 3.62. The first-order valence-corrected chi connectivity index (χ1v) is 9.11. The second-order valence-corrected chi connectivity index (χ2v) is 6.44. The average Bonchev–Trinajstić information content (AvgIpc) is 3.08. The van der Waals surface area contributed by atoms with Crippen molar-refractivity contribution in [1.82, 2.24) is 5.32 Å². The minimum atomic E-state index is -0.0531. The van der Waals surface area contributed by atoms with Crippen LogP contribution >= 0.6 is 11.8 Å². The van der Waals surface area contributed by atoms with Crippen LogP contribution in [0.25, 0.3) is 0 Å². The molecule has 134 valence electrons. The van der Waals surface area contributed by atoms with Gasteiger partial charge in [-0.25, -0.2) is 0 Å². The molecule has 1 fully saturated rings. The predicted octanol–water partition coefficient (Wildman–Crippen LogP) is 2.87. The fourth-order valence-corrected chi connectivity index (χ4v) is 2.97. The molecule has 0 saturated carbocycles. The topological polar surface area (TPSA) is 72.3 Å². The van der Waals surface area contributed by atoms with E-state index in [0.717, 1.165) is 12.0 Å². The molecule has 2 aromatic rings. The van der Waals surface area contributed by atoms with E-state index in [4.69, 9.17) is 9.47 Å². The third kappa shape index (κ3) is 5.10. The fraction of sp³-hybridized carbons (Fsp3) is 0.211. The zero-order valence-electron chi connectivity index (χ0n) is 14.3. The van der Waals surface area contributed by atoms with Gasteiger partial charge in [0.25, 0.3) is 0 Å². The Bertz CT molecular complexity index is 822. The number of carbonyl (C=O) groups is 1. The molecule has 2 aromatic carbocycles. The summed E-state index contributed by atoms with van der Waals surface area (Å²) >= 11 is 1.33. The summed E-state index contributed by atoms with van der Waals surface area (Å²) in [5.74, 6) is 1.66.